The first-order valence-corrected chi connectivity index (χ1v) is 7.84. The summed E-state index contributed by atoms with van der Waals surface area (Å²) in [6.45, 7) is 1.90. The molecule has 0 fully saturated rings. The number of thiazole rings is 1. The smallest absolute Gasteiger partial charge is 0.266 e. The number of para-hydroxylation sites is 1. The van der Waals surface area contributed by atoms with Gasteiger partial charge in [0.25, 0.3) is 5.91 Å². The van der Waals surface area contributed by atoms with Crippen LogP contribution in [0, 0.1) is 6.92 Å². The van der Waals surface area contributed by atoms with Gasteiger partial charge in [0.2, 0.25) is 0 Å². The van der Waals surface area contributed by atoms with Gasteiger partial charge in [-0.25, -0.2) is 9.97 Å². The van der Waals surface area contributed by atoms with E-state index in [1.54, 1.807) is 17.0 Å². The molecule has 0 N–H and O–H groups in total. The van der Waals surface area contributed by atoms with Crippen molar-refractivity contribution in [2.75, 3.05) is 4.90 Å². The van der Waals surface area contributed by atoms with Crippen molar-refractivity contribution < 1.29 is 4.79 Å². The molecular weight excluding hydrogens is 318 g/mol. The topological polar surface area (TPSA) is 46.1 Å². The highest BCUT2D eigenvalue weighted by Gasteiger charge is 2.22. The lowest BCUT2D eigenvalue weighted by atomic mass is 10.2. The largest absolute Gasteiger partial charge is 0.268 e. The highest BCUT2D eigenvalue weighted by Crippen LogP contribution is 2.30. The fourth-order valence-corrected chi connectivity index (χ4v) is 2.90. The maximum Gasteiger partial charge on any atom is 0.266 e. The Kier molecular flexibility index (Phi) is 4.18. The van der Waals surface area contributed by atoms with Gasteiger partial charge in [0.15, 0.2) is 5.13 Å². The Hall–Kier alpha value is -2.24. The number of hydrogen-bond donors (Lipinski definition) is 0. The van der Waals surface area contributed by atoms with E-state index >= 15 is 0 Å². The molecule has 0 radical (unpaired) electrons. The highest BCUT2D eigenvalue weighted by atomic mass is 35.5. The van der Waals surface area contributed by atoms with Crippen molar-refractivity contribution >= 4 is 39.7 Å². The first kappa shape index (κ1) is 14.7. The number of nitrogens with zero attached hydrogens (tertiary/aromatic N) is 3. The Balaban J connectivity index is 2.05. The van der Waals surface area contributed by atoms with E-state index in [1.165, 1.54) is 17.5 Å². The van der Waals surface area contributed by atoms with E-state index in [-0.39, 0.29) is 5.91 Å². The third-order valence-electron chi connectivity index (χ3n) is 2.99. The number of amides is 1. The number of aromatic nitrogens is 2. The second kappa shape index (κ2) is 6.25. The minimum absolute atomic E-state index is 0.190. The molecule has 3 aromatic rings. The van der Waals surface area contributed by atoms with Gasteiger partial charge in [-0.2, -0.15) is 0 Å². The number of carbonyl (C=O) groups excluding carboxylic acids is 1. The van der Waals surface area contributed by atoms with Gasteiger partial charge >= 0.3 is 0 Å². The van der Waals surface area contributed by atoms with Crippen LogP contribution in [0.1, 0.15) is 16.1 Å². The monoisotopic (exact) mass is 329 g/mol. The van der Waals surface area contributed by atoms with Gasteiger partial charge in [0.1, 0.15) is 5.15 Å². The number of anilines is 2. The van der Waals surface area contributed by atoms with Crippen LogP contribution in [0.4, 0.5) is 10.8 Å². The van der Waals surface area contributed by atoms with Crippen LogP contribution in [0.2, 0.25) is 5.15 Å². The van der Waals surface area contributed by atoms with Crippen molar-refractivity contribution in [2.24, 2.45) is 0 Å². The maximum absolute atomic E-state index is 12.9. The minimum Gasteiger partial charge on any atom is -0.268 e. The summed E-state index contributed by atoms with van der Waals surface area (Å²) in [4.78, 5) is 22.9. The van der Waals surface area contributed by atoms with Gasteiger partial charge in [-0.15, -0.1) is 11.3 Å². The Morgan fingerprint density at radius 1 is 1.18 bits per heavy atom. The van der Waals surface area contributed by atoms with Gasteiger partial charge in [0.05, 0.1) is 16.9 Å². The predicted octanol–water partition coefficient (Wildman–Crippen LogP) is 4.48. The lowest BCUT2D eigenvalue weighted by molar-refractivity contribution is 0.0999. The lowest BCUT2D eigenvalue weighted by Gasteiger charge is -2.19. The number of aryl methyl sites for hydroxylation is 1. The third kappa shape index (κ3) is 3.00. The summed E-state index contributed by atoms with van der Waals surface area (Å²) in [6.07, 6.45) is 1.47. The quantitative estimate of drug-likeness (QED) is 0.666. The molecule has 110 valence electrons. The Labute approximate surface area is 137 Å². The number of pyridine rings is 1. The zero-order valence-corrected chi connectivity index (χ0v) is 13.3. The molecule has 22 heavy (non-hydrogen) atoms. The molecule has 0 saturated carbocycles. The van der Waals surface area contributed by atoms with Crippen LogP contribution < -0.4 is 4.90 Å². The SMILES string of the molecule is Cc1csc(N(C(=O)c2ccc(Cl)nc2)c2ccccc2)n1. The number of benzene rings is 1. The molecule has 0 aliphatic rings. The average molecular weight is 330 g/mol. The van der Waals surface area contributed by atoms with Gasteiger partial charge in [-0.3, -0.25) is 9.69 Å². The zero-order valence-electron chi connectivity index (χ0n) is 11.7. The van der Waals surface area contributed by atoms with E-state index in [4.69, 9.17) is 11.6 Å². The summed E-state index contributed by atoms with van der Waals surface area (Å²) in [5.74, 6) is -0.190. The van der Waals surface area contributed by atoms with E-state index in [0.29, 0.717) is 15.8 Å². The van der Waals surface area contributed by atoms with Crippen molar-refractivity contribution in [1.82, 2.24) is 9.97 Å². The molecule has 0 aliphatic heterocycles. The summed E-state index contributed by atoms with van der Waals surface area (Å²) in [5.41, 5.74) is 2.10. The van der Waals surface area contributed by atoms with Gasteiger partial charge in [-0.1, -0.05) is 29.8 Å². The summed E-state index contributed by atoms with van der Waals surface area (Å²) in [7, 11) is 0. The van der Waals surface area contributed by atoms with Gasteiger partial charge in [-0.05, 0) is 31.2 Å². The molecule has 0 saturated heterocycles. The number of hydrogen-bond acceptors (Lipinski definition) is 4. The third-order valence-corrected chi connectivity index (χ3v) is 4.16. The normalized spacial score (nSPS) is 10.5. The molecule has 2 aromatic heterocycles. The van der Waals surface area contributed by atoms with Crippen molar-refractivity contribution in [2.45, 2.75) is 6.92 Å². The zero-order chi connectivity index (χ0) is 15.5. The fraction of sp³-hybridized carbons (Fsp3) is 0.0625. The average Bonchev–Trinajstić information content (AvgIpc) is 2.95. The summed E-state index contributed by atoms with van der Waals surface area (Å²) in [6, 6.07) is 12.7. The van der Waals surface area contributed by atoms with E-state index < -0.39 is 0 Å². The molecule has 4 nitrogen and oxygen atoms in total. The summed E-state index contributed by atoms with van der Waals surface area (Å²) >= 11 is 7.21. The van der Waals surface area contributed by atoms with Crippen molar-refractivity contribution in [1.29, 1.82) is 0 Å². The van der Waals surface area contributed by atoms with Crippen LogP contribution in [-0.4, -0.2) is 15.9 Å². The molecule has 3 rings (SSSR count). The summed E-state index contributed by atoms with van der Waals surface area (Å²) in [5, 5.41) is 2.90. The van der Waals surface area contributed by atoms with Gasteiger partial charge < -0.3 is 0 Å². The molecular formula is C16H12ClN3OS. The molecule has 2 heterocycles. The van der Waals surface area contributed by atoms with Crippen LogP contribution >= 0.6 is 22.9 Å². The molecule has 0 unspecified atom stereocenters. The number of carbonyl (C=O) groups is 1. The Morgan fingerprint density at radius 3 is 2.55 bits per heavy atom. The minimum atomic E-state index is -0.190. The van der Waals surface area contributed by atoms with Crippen LogP contribution in [0.3, 0.4) is 0 Å². The van der Waals surface area contributed by atoms with E-state index in [9.17, 15) is 4.79 Å². The maximum atomic E-state index is 12.9. The summed E-state index contributed by atoms with van der Waals surface area (Å²) < 4.78 is 0. The first-order chi connectivity index (χ1) is 10.6. The van der Waals surface area contributed by atoms with Crippen molar-refractivity contribution in [3.8, 4) is 0 Å². The van der Waals surface area contributed by atoms with Crippen LogP contribution in [0.15, 0.2) is 54.0 Å². The first-order valence-electron chi connectivity index (χ1n) is 6.58. The molecule has 0 spiro atoms. The van der Waals surface area contributed by atoms with Crippen molar-refractivity contribution in [3.63, 3.8) is 0 Å². The molecule has 0 bridgehead atoms. The predicted molar refractivity (Wildman–Crippen MR) is 89.0 cm³/mol. The molecule has 1 aromatic carbocycles. The molecule has 0 aliphatic carbocycles. The Morgan fingerprint density at radius 2 is 1.95 bits per heavy atom. The second-order valence-corrected chi connectivity index (χ2v) is 5.84. The number of halogens is 1. The van der Waals surface area contributed by atoms with Crippen LogP contribution in [0.25, 0.3) is 0 Å². The van der Waals surface area contributed by atoms with E-state index in [1.807, 2.05) is 42.6 Å². The highest BCUT2D eigenvalue weighted by molar-refractivity contribution is 7.14. The van der Waals surface area contributed by atoms with E-state index in [2.05, 4.69) is 9.97 Å². The fourth-order valence-electron chi connectivity index (χ4n) is 1.97. The number of rotatable bonds is 3. The van der Waals surface area contributed by atoms with Crippen LogP contribution in [-0.2, 0) is 0 Å². The molecule has 6 heteroatoms. The van der Waals surface area contributed by atoms with Crippen LogP contribution in [0.5, 0.6) is 0 Å². The second-order valence-electron chi connectivity index (χ2n) is 4.62. The van der Waals surface area contributed by atoms with Gasteiger partial charge in [0, 0.05) is 11.6 Å². The lowest BCUT2D eigenvalue weighted by Crippen LogP contribution is -2.26. The molecule has 0 atom stereocenters. The Bertz CT molecular complexity index is 787. The van der Waals surface area contributed by atoms with Crippen molar-refractivity contribution in [3.05, 3.63) is 70.5 Å². The van der Waals surface area contributed by atoms with E-state index in [0.717, 1.165) is 11.4 Å². The molecule has 1 amide bonds. The standard InChI is InChI=1S/C16H12ClN3OS/c1-11-10-22-16(19-11)20(13-5-3-2-4-6-13)15(21)12-7-8-14(17)18-9-12/h2-10H,1H3.